The molecule has 1 heterocycles. The van der Waals surface area contributed by atoms with E-state index in [9.17, 15) is 18.5 Å². The molecule has 20 heavy (non-hydrogen) atoms. The third kappa shape index (κ3) is 3.19. The normalized spacial score (nSPS) is 11.4. The zero-order chi connectivity index (χ0) is 14.8. The molecule has 0 saturated heterocycles. The number of nitro benzene ring substituents is 1. The Morgan fingerprint density at radius 3 is 2.75 bits per heavy atom. The van der Waals surface area contributed by atoms with E-state index in [1.807, 2.05) is 0 Å². The van der Waals surface area contributed by atoms with Crippen LogP contribution in [0.15, 0.2) is 30.5 Å². The highest BCUT2D eigenvalue weighted by Gasteiger charge is 2.14. The number of nitrogens with one attached hydrogen (secondary N) is 1. The van der Waals surface area contributed by atoms with Crippen LogP contribution < -0.4 is 10.5 Å². The Morgan fingerprint density at radius 2 is 2.10 bits per heavy atom. The van der Waals surface area contributed by atoms with Crippen LogP contribution >= 0.6 is 0 Å². The fourth-order valence-electron chi connectivity index (χ4n) is 1.79. The number of pyridine rings is 1. The van der Waals surface area contributed by atoms with E-state index in [0.717, 1.165) is 0 Å². The molecule has 0 amide bonds. The second kappa shape index (κ2) is 5.39. The van der Waals surface area contributed by atoms with Gasteiger partial charge in [0.1, 0.15) is 5.52 Å². The van der Waals surface area contributed by atoms with E-state index in [1.54, 1.807) is 18.2 Å². The second-order valence-electron chi connectivity index (χ2n) is 4.08. The van der Waals surface area contributed by atoms with E-state index in [4.69, 9.17) is 5.14 Å². The van der Waals surface area contributed by atoms with E-state index < -0.39 is 14.9 Å². The van der Waals surface area contributed by atoms with Gasteiger partial charge in [-0.25, -0.2) is 18.5 Å². The van der Waals surface area contributed by atoms with Crippen molar-refractivity contribution in [1.82, 2.24) is 4.98 Å². The van der Waals surface area contributed by atoms with Gasteiger partial charge in [0.05, 0.1) is 10.7 Å². The van der Waals surface area contributed by atoms with Gasteiger partial charge in [-0.1, -0.05) is 12.1 Å². The Kier molecular flexibility index (Phi) is 3.81. The minimum absolute atomic E-state index is 0.0994. The van der Waals surface area contributed by atoms with Crippen LogP contribution in [0.1, 0.15) is 0 Å². The first-order valence-electron chi connectivity index (χ1n) is 5.65. The van der Waals surface area contributed by atoms with E-state index in [2.05, 4.69) is 10.3 Å². The molecule has 0 fully saturated rings. The van der Waals surface area contributed by atoms with E-state index in [-0.39, 0.29) is 23.5 Å². The number of primary sulfonamides is 1. The summed E-state index contributed by atoms with van der Waals surface area (Å²) in [6.45, 7) is 0.112. The highest BCUT2D eigenvalue weighted by molar-refractivity contribution is 7.89. The van der Waals surface area contributed by atoms with Crippen molar-refractivity contribution >= 4 is 32.3 Å². The van der Waals surface area contributed by atoms with Crippen LogP contribution in [0.3, 0.4) is 0 Å². The number of anilines is 1. The summed E-state index contributed by atoms with van der Waals surface area (Å²) in [4.78, 5) is 14.4. The predicted molar refractivity (Wildman–Crippen MR) is 74.9 cm³/mol. The molecule has 1 aromatic heterocycles. The standard InChI is InChI=1S/C11H12N4O4S/c12-20(18,19)7-6-13-9-4-5-14-11-8(9)2-1-3-10(11)15(16)17/h1-5H,6-7H2,(H,13,14)(H2,12,18,19). The molecule has 0 saturated carbocycles. The molecule has 9 heteroatoms. The Balaban J connectivity index is 2.35. The van der Waals surface area contributed by atoms with Crippen LogP contribution in [0.25, 0.3) is 10.9 Å². The van der Waals surface area contributed by atoms with Crippen molar-refractivity contribution in [3.63, 3.8) is 0 Å². The number of aromatic nitrogens is 1. The summed E-state index contributed by atoms with van der Waals surface area (Å²) < 4.78 is 21.7. The average Bonchev–Trinajstić information content (AvgIpc) is 2.36. The lowest BCUT2D eigenvalue weighted by atomic mass is 10.1. The molecule has 0 aliphatic carbocycles. The van der Waals surface area contributed by atoms with Crippen LogP contribution in [0, 0.1) is 10.1 Å². The van der Waals surface area contributed by atoms with Gasteiger partial charge in [-0.05, 0) is 6.07 Å². The van der Waals surface area contributed by atoms with Gasteiger partial charge in [-0.3, -0.25) is 10.1 Å². The first-order valence-corrected chi connectivity index (χ1v) is 7.36. The molecule has 106 valence electrons. The predicted octanol–water partition coefficient (Wildman–Crippen LogP) is 0.843. The number of rotatable bonds is 5. The van der Waals surface area contributed by atoms with E-state index >= 15 is 0 Å². The number of sulfonamides is 1. The van der Waals surface area contributed by atoms with Crippen molar-refractivity contribution in [2.24, 2.45) is 5.14 Å². The molecule has 3 N–H and O–H groups in total. The lowest BCUT2D eigenvalue weighted by Crippen LogP contribution is -2.22. The highest BCUT2D eigenvalue weighted by atomic mass is 32.2. The third-order valence-electron chi connectivity index (χ3n) is 2.65. The summed E-state index contributed by atoms with van der Waals surface area (Å²) in [7, 11) is -3.56. The van der Waals surface area contributed by atoms with Crippen molar-refractivity contribution < 1.29 is 13.3 Å². The Bertz CT molecular complexity index is 760. The average molecular weight is 296 g/mol. The topological polar surface area (TPSA) is 128 Å². The molecular formula is C11H12N4O4S. The number of hydrogen-bond donors (Lipinski definition) is 2. The molecule has 8 nitrogen and oxygen atoms in total. The molecule has 1 aromatic carbocycles. The van der Waals surface area contributed by atoms with Crippen molar-refractivity contribution in [3.8, 4) is 0 Å². The summed E-state index contributed by atoms with van der Waals surface area (Å²) in [5.74, 6) is -0.230. The van der Waals surface area contributed by atoms with E-state index in [0.29, 0.717) is 11.1 Å². The van der Waals surface area contributed by atoms with Crippen LogP contribution in [0.2, 0.25) is 0 Å². The number of benzene rings is 1. The summed E-state index contributed by atoms with van der Waals surface area (Å²) in [6.07, 6.45) is 1.43. The smallest absolute Gasteiger partial charge is 0.295 e. The number of fused-ring (bicyclic) bond motifs is 1. The highest BCUT2D eigenvalue weighted by Crippen LogP contribution is 2.28. The van der Waals surface area contributed by atoms with Gasteiger partial charge < -0.3 is 5.32 Å². The fraction of sp³-hybridized carbons (Fsp3) is 0.182. The first kappa shape index (κ1) is 14.2. The molecule has 0 unspecified atom stereocenters. The SMILES string of the molecule is NS(=O)(=O)CCNc1ccnc2c([N+](=O)[O-])cccc12. The third-order valence-corrected chi connectivity index (χ3v) is 3.42. The van der Waals surface area contributed by atoms with Crippen molar-refractivity contribution in [2.45, 2.75) is 0 Å². The molecule has 2 rings (SSSR count). The number of non-ortho nitro benzene ring substituents is 1. The van der Waals surface area contributed by atoms with Crippen LogP contribution in [0.5, 0.6) is 0 Å². The maximum absolute atomic E-state index is 10.9. The monoisotopic (exact) mass is 296 g/mol. The van der Waals surface area contributed by atoms with Gasteiger partial charge in [0.15, 0.2) is 0 Å². The molecule has 0 spiro atoms. The molecule has 0 atom stereocenters. The minimum atomic E-state index is -3.56. The summed E-state index contributed by atoms with van der Waals surface area (Å²) in [5.41, 5.74) is 0.720. The van der Waals surface area contributed by atoms with Crippen molar-refractivity contribution in [2.75, 3.05) is 17.6 Å². The van der Waals surface area contributed by atoms with Crippen molar-refractivity contribution in [1.29, 1.82) is 0 Å². The fourth-order valence-corrected chi connectivity index (χ4v) is 2.18. The van der Waals surface area contributed by atoms with Gasteiger partial charge in [-0.15, -0.1) is 0 Å². The van der Waals surface area contributed by atoms with Crippen LogP contribution in [0.4, 0.5) is 11.4 Å². The molecular weight excluding hydrogens is 284 g/mol. The largest absolute Gasteiger partial charge is 0.383 e. The Morgan fingerprint density at radius 1 is 1.35 bits per heavy atom. The lowest BCUT2D eigenvalue weighted by Gasteiger charge is -2.08. The van der Waals surface area contributed by atoms with Crippen molar-refractivity contribution in [3.05, 3.63) is 40.6 Å². The molecule has 0 radical (unpaired) electrons. The maximum atomic E-state index is 10.9. The Hall–Kier alpha value is -2.26. The van der Waals surface area contributed by atoms with Gasteiger partial charge in [0, 0.05) is 29.9 Å². The zero-order valence-electron chi connectivity index (χ0n) is 10.3. The van der Waals surface area contributed by atoms with Gasteiger partial charge in [-0.2, -0.15) is 0 Å². The minimum Gasteiger partial charge on any atom is -0.383 e. The zero-order valence-corrected chi connectivity index (χ0v) is 11.1. The number of nitrogens with two attached hydrogens (primary N) is 1. The number of nitrogens with zero attached hydrogens (tertiary/aromatic N) is 2. The number of nitro groups is 1. The summed E-state index contributed by atoms with van der Waals surface area (Å²) in [5, 5.41) is 19.3. The Labute approximate surface area is 114 Å². The van der Waals surface area contributed by atoms with Crippen LogP contribution in [-0.2, 0) is 10.0 Å². The summed E-state index contributed by atoms with van der Waals surface area (Å²) >= 11 is 0. The number of para-hydroxylation sites is 1. The molecule has 2 aromatic rings. The molecule has 0 bridgehead atoms. The van der Waals surface area contributed by atoms with E-state index in [1.165, 1.54) is 12.3 Å². The quantitative estimate of drug-likeness (QED) is 0.621. The first-order chi connectivity index (χ1) is 9.38. The molecule has 0 aliphatic rings. The summed E-state index contributed by atoms with van der Waals surface area (Å²) in [6, 6.07) is 6.21. The molecule has 0 aliphatic heterocycles. The second-order valence-corrected chi connectivity index (χ2v) is 5.82. The maximum Gasteiger partial charge on any atom is 0.295 e. The van der Waals surface area contributed by atoms with Gasteiger partial charge in [0.2, 0.25) is 10.0 Å². The number of hydrogen-bond acceptors (Lipinski definition) is 6. The lowest BCUT2D eigenvalue weighted by molar-refractivity contribution is -0.383. The van der Waals surface area contributed by atoms with Gasteiger partial charge >= 0.3 is 0 Å². The van der Waals surface area contributed by atoms with Gasteiger partial charge in [0.25, 0.3) is 5.69 Å². The van der Waals surface area contributed by atoms with Crippen LogP contribution in [-0.4, -0.2) is 30.6 Å².